The quantitative estimate of drug-likeness (QED) is 0.184. The molecule has 2 heteroatoms. The largest absolute Gasteiger partial charge is 0.265 e. The molecule has 0 saturated heterocycles. The van der Waals surface area contributed by atoms with Gasteiger partial charge < -0.3 is 0 Å². The number of rotatable bonds is 15. The lowest BCUT2D eigenvalue weighted by Crippen LogP contribution is -2.14. The fourth-order valence-electron chi connectivity index (χ4n) is 5.89. The number of aromatic nitrogens is 2. The van der Waals surface area contributed by atoms with Crippen molar-refractivity contribution >= 4 is 0 Å². The van der Waals surface area contributed by atoms with Gasteiger partial charge in [-0.05, 0) is 73.8 Å². The molecule has 1 aliphatic carbocycles. The van der Waals surface area contributed by atoms with E-state index in [0.29, 0.717) is 5.92 Å². The molecule has 2 aromatic heterocycles. The van der Waals surface area contributed by atoms with Crippen molar-refractivity contribution in [3.63, 3.8) is 0 Å². The molecule has 1 fully saturated rings. The molecule has 0 amide bonds. The van der Waals surface area contributed by atoms with Gasteiger partial charge in [0, 0.05) is 35.8 Å². The molecule has 0 aliphatic heterocycles. The van der Waals surface area contributed by atoms with Crippen molar-refractivity contribution in [1.29, 1.82) is 0 Å². The molecule has 0 spiro atoms. The monoisotopic (exact) mass is 526 g/mol. The Morgan fingerprint density at radius 3 is 1.79 bits per heavy atom. The summed E-state index contributed by atoms with van der Waals surface area (Å²) in [6, 6.07) is 19.5. The minimum absolute atomic E-state index is 0.676. The summed E-state index contributed by atoms with van der Waals surface area (Å²) in [5.41, 5.74) is 5.35. The van der Waals surface area contributed by atoms with Crippen LogP contribution in [0.15, 0.2) is 73.2 Å². The fraction of sp³-hybridized carbons (Fsp3) is 0.568. The van der Waals surface area contributed by atoms with E-state index in [2.05, 4.69) is 61.4 Å². The van der Waals surface area contributed by atoms with Crippen LogP contribution in [0.3, 0.4) is 0 Å². The maximum absolute atomic E-state index is 4.91. The van der Waals surface area contributed by atoms with E-state index in [0.717, 1.165) is 5.92 Å². The lowest BCUT2D eigenvalue weighted by molar-refractivity contribution is 0.299. The predicted molar refractivity (Wildman–Crippen MR) is 169 cm³/mol. The third-order valence-corrected chi connectivity index (χ3v) is 8.44. The number of hydrogen-bond donors (Lipinski definition) is 0. The van der Waals surface area contributed by atoms with Crippen molar-refractivity contribution in [1.82, 2.24) is 9.97 Å². The lowest BCUT2D eigenvalue weighted by atomic mass is 9.78. The normalized spacial score (nSPS) is 16.9. The molecule has 2 heterocycles. The summed E-state index contributed by atoms with van der Waals surface area (Å²) in [5.74, 6) is 1.65. The topological polar surface area (TPSA) is 25.8 Å². The maximum atomic E-state index is 4.91. The molecule has 212 valence electrons. The average molecular weight is 527 g/mol. The van der Waals surface area contributed by atoms with Gasteiger partial charge in [-0.2, -0.15) is 0 Å². The Hall–Kier alpha value is -2.48. The molecule has 2 nitrogen and oxygen atoms in total. The highest BCUT2D eigenvalue weighted by atomic mass is 14.7. The van der Waals surface area contributed by atoms with Crippen molar-refractivity contribution in [3.05, 3.63) is 84.4 Å². The molecular formula is C37H54N2. The summed E-state index contributed by atoms with van der Waals surface area (Å²) in [4.78, 5) is 8.69. The van der Waals surface area contributed by atoms with Crippen molar-refractivity contribution in [2.45, 2.75) is 129 Å². The molecule has 3 aromatic rings. The zero-order valence-electron chi connectivity index (χ0n) is 25.0. The van der Waals surface area contributed by atoms with Crippen LogP contribution in [-0.2, 0) is 6.42 Å². The highest BCUT2D eigenvalue weighted by Crippen LogP contribution is 2.37. The molecule has 0 bridgehead atoms. The van der Waals surface area contributed by atoms with Crippen LogP contribution < -0.4 is 0 Å². The Labute approximate surface area is 240 Å². The van der Waals surface area contributed by atoms with Crippen LogP contribution in [0.25, 0.3) is 11.1 Å². The molecule has 0 atom stereocenters. The highest BCUT2D eigenvalue weighted by Gasteiger charge is 2.22. The van der Waals surface area contributed by atoms with Crippen LogP contribution in [0.5, 0.6) is 0 Å². The van der Waals surface area contributed by atoms with Crippen LogP contribution in [0.4, 0.5) is 0 Å². The maximum Gasteiger partial charge on any atom is 0.0434 e. The van der Waals surface area contributed by atoms with Gasteiger partial charge in [0.1, 0.15) is 0 Å². The minimum Gasteiger partial charge on any atom is -0.265 e. The van der Waals surface area contributed by atoms with Gasteiger partial charge in [0.2, 0.25) is 0 Å². The van der Waals surface area contributed by atoms with Crippen molar-refractivity contribution < 1.29 is 0 Å². The zero-order valence-corrected chi connectivity index (χ0v) is 25.0. The molecular weight excluding hydrogens is 472 g/mol. The summed E-state index contributed by atoms with van der Waals surface area (Å²) < 4.78 is 0. The molecule has 0 unspecified atom stereocenters. The first-order valence-corrected chi connectivity index (χ1v) is 16.2. The van der Waals surface area contributed by atoms with Crippen molar-refractivity contribution in [2.24, 2.45) is 5.92 Å². The highest BCUT2D eigenvalue weighted by molar-refractivity contribution is 5.62. The van der Waals surface area contributed by atoms with E-state index in [4.69, 9.17) is 4.98 Å². The van der Waals surface area contributed by atoms with Gasteiger partial charge in [-0.3, -0.25) is 9.97 Å². The third kappa shape index (κ3) is 12.5. The second-order valence-corrected chi connectivity index (χ2v) is 11.6. The van der Waals surface area contributed by atoms with E-state index in [1.54, 1.807) is 12.4 Å². The van der Waals surface area contributed by atoms with Gasteiger partial charge in [0.15, 0.2) is 0 Å². The van der Waals surface area contributed by atoms with Crippen molar-refractivity contribution in [3.8, 4) is 11.1 Å². The smallest absolute Gasteiger partial charge is 0.0434 e. The Balaban J connectivity index is 0.000000617. The van der Waals surface area contributed by atoms with Crippen LogP contribution in [-0.4, -0.2) is 9.97 Å². The minimum atomic E-state index is 0.676. The number of aryl methyl sites for hydroxylation is 1. The second-order valence-electron chi connectivity index (χ2n) is 11.6. The SMILES string of the molecule is CCCCCCCCc1ccc(-c2ccc(C3CCC(CCCCCCC)CC3)nc2)cc1.c1ccncc1. The Morgan fingerprint density at radius 1 is 0.615 bits per heavy atom. The fourth-order valence-corrected chi connectivity index (χ4v) is 5.89. The summed E-state index contributed by atoms with van der Waals surface area (Å²) in [7, 11) is 0. The van der Waals surface area contributed by atoms with Crippen molar-refractivity contribution in [2.75, 3.05) is 0 Å². The van der Waals surface area contributed by atoms with Crippen LogP contribution in [0.1, 0.15) is 134 Å². The molecule has 1 saturated carbocycles. The number of benzene rings is 1. The average Bonchev–Trinajstić information content (AvgIpc) is 3.01. The van der Waals surface area contributed by atoms with Crippen LogP contribution >= 0.6 is 0 Å². The third-order valence-electron chi connectivity index (χ3n) is 8.44. The Bertz CT molecular complexity index is 930. The molecule has 1 aliphatic rings. The van der Waals surface area contributed by atoms with Gasteiger partial charge in [-0.1, -0.05) is 121 Å². The summed E-state index contributed by atoms with van der Waals surface area (Å²) in [6.07, 6.45) is 29.0. The van der Waals surface area contributed by atoms with E-state index in [1.807, 2.05) is 18.2 Å². The number of nitrogens with zero attached hydrogens (tertiary/aromatic N) is 2. The lowest BCUT2D eigenvalue weighted by Gasteiger charge is -2.28. The van der Waals surface area contributed by atoms with Gasteiger partial charge >= 0.3 is 0 Å². The van der Waals surface area contributed by atoms with E-state index in [9.17, 15) is 0 Å². The first-order valence-electron chi connectivity index (χ1n) is 16.2. The van der Waals surface area contributed by atoms with Crippen LogP contribution in [0, 0.1) is 5.92 Å². The zero-order chi connectivity index (χ0) is 27.4. The number of pyridine rings is 2. The second kappa shape index (κ2) is 19.6. The molecule has 1 aromatic carbocycles. The summed E-state index contributed by atoms with van der Waals surface area (Å²) in [5, 5.41) is 0. The molecule has 4 rings (SSSR count). The predicted octanol–water partition coefficient (Wildman–Crippen LogP) is 11.4. The first kappa shape index (κ1) is 31.1. The van der Waals surface area contributed by atoms with E-state index >= 15 is 0 Å². The van der Waals surface area contributed by atoms with Gasteiger partial charge in [0.05, 0.1) is 0 Å². The summed E-state index contributed by atoms with van der Waals surface area (Å²) >= 11 is 0. The van der Waals surface area contributed by atoms with Gasteiger partial charge in [0.25, 0.3) is 0 Å². The number of hydrogen-bond acceptors (Lipinski definition) is 2. The van der Waals surface area contributed by atoms with Gasteiger partial charge in [-0.25, -0.2) is 0 Å². The van der Waals surface area contributed by atoms with Crippen LogP contribution in [0.2, 0.25) is 0 Å². The Morgan fingerprint density at radius 2 is 1.23 bits per heavy atom. The van der Waals surface area contributed by atoms with E-state index in [-0.39, 0.29) is 0 Å². The van der Waals surface area contributed by atoms with E-state index in [1.165, 1.54) is 132 Å². The van der Waals surface area contributed by atoms with E-state index < -0.39 is 0 Å². The standard InChI is InChI=1S/C32H49N.C5H5N/c1-3-5-7-9-11-13-15-27-16-20-29(21-17-27)31-24-25-32(33-26-31)30-22-18-28(19-23-30)14-12-10-8-6-4-2;1-2-4-6-5-3-1/h16-17,20-21,24-26,28,30H,3-15,18-19,22-23H2,1-2H3;1-5H. The van der Waals surface area contributed by atoms with Gasteiger partial charge in [-0.15, -0.1) is 0 Å². The molecule has 0 radical (unpaired) electrons. The molecule has 39 heavy (non-hydrogen) atoms. The Kier molecular flexibility index (Phi) is 15.6. The molecule has 0 N–H and O–H groups in total. The number of unbranched alkanes of at least 4 members (excludes halogenated alkanes) is 9. The first-order chi connectivity index (χ1) is 19.3. The summed E-state index contributed by atoms with van der Waals surface area (Å²) in [6.45, 7) is 4.59.